The number of aliphatic imine (C=N–C) groups is 1. The fourth-order valence-corrected chi connectivity index (χ4v) is 5.77. The number of amides is 1. The van der Waals surface area contributed by atoms with Crippen LogP contribution in [0, 0.1) is 0 Å². The largest absolute Gasteiger partial charge is 0.372 e. The van der Waals surface area contributed by atoms with E-state index < -0.39 is 5.54 Å². The lowest BCUT2D eigenvalue weighted by Crippen LogP contribution is -2.62. The van der Waals surface area contributed by atoms with Gasteiger partial charge < -0.3 is 10.2 Å². The number of guanidine groups is 1. The van der Waals surface area contributed by atoms with Gasteiger partial charge in [0.1, 0.15) is 0 Å². The minimum Gasteiger partial charge on any atom is -0.372 e. The second kappa shape index (κ2) is 9.81. The van der Waals surface area contributed by atoms with Gasteiger partial charge in [0.2, 0.25) is 11.9 Å². The Hall–Kier alpha value is -4.00. The lowest BCUT2D eigenvalue weighted by Gasteiger charge is -2.45. The van der Waals surface area contributed by atoms with Crippen LogP contribution in [-0.2, 0) is 10.3 Å². The topological polar surface area (TPSA) is 77.9 Å². The molecule has 1 aromatic heterocycles. The lowest BCUT2D eigenvalue weighted by atomic mass is 9.79. The van der Waals surface area contributed by atoms with Crippen molar-refractivity contribution in [1.29, 1.82) is 0 Å². The van der Waals surface area contributed by atoms with Crippen LogP contribution in [0.25, 0.3) is 0 Å². The molecule has 188 valence electrons. The molecule has 0 aliphatic carbocycles. The Balaban J connectivity index is 1.31. The van der Waals surface area contributed by atoms with E-state index in [4.69, 9.17) is 4.99 Å². The summed E-state index contributed by atoms with van der Waals surface area (Å²) in [5.41, 5.74) is 2.91. The average molecular weight is 494 g/mol. The Morgan fingerprint density at radius 2 is 1.68 bits per heavy atom. The molecule has 6 rings (SSSR count). The Bertz CT molecular complexity index is 1300. The van der Waals surface area contributed by atoms with E-state index in [1.807, 2.05) is 54.6 Å². The number of nitrogens with zero attached hydrogens (tertiary/aromatic N) is 4. The van der Waals surface area contributed by atoms with Gasteiger partial charge in [0, 0.05) is 49.7 Å². The molecule has 37 heavy (non-hydrogen) atoms. The van der Waals surface area contributed by atoms with Gasteiger partial charge in [-0.05, 0) is 66.8 Å². The number of rotatable bonds is 6. The number of nitrogens with one attached hydrogen (secondary N) is 1. The number of anilines is 1. The molecular weight excluding hydrogens is 462 g/mol. The molecule has 3 aliphatic heterocycles. The number of ketones is 1. The van der Waals surface area contributed by atoms with Gasteiger partial charge in [-0.25, -0.2) is 4.99 Å². The first kappa shape index (κ1) is 23.4. The molecule has 2 unspecified atom stereocenters. The molecule has 7 nitrogen and oxygen atoms in total. The molecule has 1 N–H and O–H groups in total. The van der Waals surface area contributed by atoms with Gasteiger partial charge in [-0.1, -0.05) is 30.3 Å². The third-order valence-electron chi connectivity index (χ3n) is 7.81. The van der Waals surface area contributed by atoms with Crippen LogP contribution >= 0.6 is 0 Å². The fraction of sp³-hybridized carbons (Fsp3) is 0.333. The SMILES string of the molecule is O=C(CC1(c2ccncc2)CC(=O)N2CCC(c3ccccc3)N=C2N1)c1ccc(N2CCCC2)cc1. The Labute approximate surface area is 217 Å². The molecule has 2 atom stereocenters. The van der Waals surface area contributed by atoms with E-state index in [0.717, 1.165) is 36.3 Å². The van der Waals surface area contributed by atoms with E-state index >= 15 is 0 Å². The van der Waals surface area contributed by atoms with Gasteiger partial charge in [0.25, 0.3) is 0 Å². The molecule has 0 radical (unpaired) electrons. The molecule has 4 heterocycles. The quantitative estimate of drug-likeness (QED) is 0.513. The summed E-state index contributed by atoms with van der Waals surface area (Å²) in [4.78, 5) is 40.3. The molecule has 0 spiro atoms. The van der Waals surface area contributed by atoms with Crippen molar-refractivity contribution in [3.05, 3.63) is 95.8 Å². The molecule has 3 aliphatic rings. The van der Waals surface area contributed by atoms with Crippen LogP contribution < -0.4 is 10.2 Å². The molecule has 1 amide bonds. The van der Waals surface area contributed by atoms with Crippen molar-refractivity contribution in [2.45, 2.75) is 43.7 Å². The first-order valence-corrected chi connectivity index (χ1v) is 13.1. The first-order valence-electron chi connectivity index (χ1n) is 13.1. The van der Waals surface area contributed by atoms with Crippen LogP contribution in [0.4, 0.5) is 5.69 Å². The minimum absolute atomic E-state index is 0.00504. The second-order valence-electron chi connectivity index (χ2n) is 10.2. The number of benzene rings is 2. The highest BCUT2D eigenvalue weighted by molar-refractivity contribution is 6.03. The molecule has 0 saturated carbocycles. The number of aromatic nitrogens is 1. The van der Waals surface area contributed by atoms with Gasteiger partial charge in [-0.2, -0.15) is 0 Å². The van der Waals surface area contributed by atoms with Crippen molar-refractivity contribution in [1.82, 2.24) is 15.2 Å². The zero-order chi connectivity index (χ0) is 25.2. The van der Waals surface area contributed by atoms with Crippen molar-refractivity contribution in [3.63, 3.8) is 0 Å². The molecule has 7 heteroatoms. The fourth-order valence-electron chi connectivity index (χ4n) is 5.77. The number of hydrogen-bond acceptors (Lipinski definition) is 6. The maximum atomic E-state index is 13.6. The third-order valence-corrected chi connectivity index (χ3v) is 7.81. The van der Waals surface area contributed by atoms with Crippen molar-refractivity contribution < 1.29 is 9.59 Å². The molecule has 0 bridgehead atoms. The smallest absolute Gasteiger partial charge is 0.232 e. The summed E-state index contributed by atoms with van der Waals surface area (Å²) in [5, 5.41) is 3.57. The summed E-state index contributed by atoms with van der Waals surface area (Å²) in [6, 6.07) is 21.8. The summed E-state index contributed by atoms with van der Waals surface area (Å²) in [5.74, 6) is 0.526. The number of carbonyl (C=O) groups excluding carboxylic acids is 2. The number of pyridine rings is 1. The van der Waals surface area contributed by atoms with E-state index in [9.17, 15) is 9.59 Å². The number of hydrogen-bond donors (Lipinski definition) is 1. The molecule has 2 fully saturated rings. The molecular formula is C30H31N5O2. The monoisotopic (exact) mass is 493 g/mol. The summed E-state index contributed by atoms with van der Waals surface area (Å²) >= 11 is 0. The van der Waals surface area contributed by atoms with Crippen LogP contribution in [0.2, 0.25) is 0 Å². The van der Waals surface area contributed by atoms with E-state index in [0.29, 0.717) is 18.1 Å². The van der Waals surface area contributed by atoms with Gasteiger partial charge in [-0.3, -0.25) is 19.5 Å². The normalized spacial score (nSPS) is 23.3. The second-order valence-corrected chi connectivity index (χ2v) is 10.2. The number of fused-ring (bicyclic) bond motifs is 1. The lowest BCUT2D eigenvalue weighted by molar-refractivity contribution is -0.131. The van der Waals surface area contributed by atoms with Gasteiger partial charge in [-0.15, -0.1) is 0 Å². The minimum atomic E-state index is -0.890. The maximum absolute atomic E-state index is 13.6. The van der Waals surface area contributed by atoms with Crippen molar-refractivity contribution in [2.75, 3.05) is 24.5 Å². The zero-order valence-corrected chi connectivity index (χ0v) is 20.8. The van der Waals surface area contributed by atoms with Gasteiger partial charge >= 0.3 is 0 Å². The Kier molecular flexibility index (Phi) is 6.20. The summed E-state index contributed by atoms with van der Waals surface area (Å²) in [7, 11) is 0. The van der Waals surface area contributed by atoms with E-state index in [-0.39, 0.29) is 30.6 Å². The van der Waals surface area contributed by atoms with Crippen molar-refractivity contribution >= 4 is 23.3 Å². The first-order chi connectivity index (χ1) is 18.1. The van der Waals surface area contributed by atoms with Gasteiger partial charge in [0.15, 0.2) is 5.78 Å². The molecule has 3 aromatic rings. The predicted octanol–water partition coefficient (Wildman–Crippen LogP) is 4.47. The van der Waals surface area contributed by atoms with Crippen molar-refractivity contribution in [3.8, 4) is 0 Å². The predicted molar refractivity (Wildman–Crippen MR) is 143 cm³/mol. The molecule has 2 saturated heterocycles. The summed E-state index contributed by atoms with van der Waals surface area (Å²) in [6.07, 6.45) is 6.94. The molecule has 2 aromatic carbocycles. The third kappa shape index (κ3) is 4.61. The number of carbonyl (C=O) groups is 2. The average Bonchev–Trinajstić information content (AvgIpc) is 3.49. The van der Waals surface area contributed by atoms with Crippen LogP contribution in [0.1, 0.15) is 59.6 Å². The summed E-state index contributed by atoms with van der Waals surface area (Å²) in [6.45, 7) is 2.72. The summed E-state index contributed by atoms with van der Waals surface area (Å²) < 4.78 is 0. The Morgan fingerprint density at radius 3 is 2.41 bits per heavy atom. The Morgan fingerprint density at radius 1 is 0.946 bits per heavy atom. The zero-order valence-electron chi connectivity index (χ0n) is 20.8. The van der Waals surface area contributed by atoms with Crippen LogP contribution in [-0.4, -0.2) is 47.2 Å². The standard InChI is InChI=1S/C30H31N5O2/c36-27(23-8-10-25(11-9-23)34-17-4-5-18-34)20-30(24-12-15-31-16-13-24)21-28(37)35-19-14-26(32-29(35)33-30)22-6-2-1-3-7-22/h1-3,6-13,15-16,26H,4-5,14,17-21H2,(H,32,33). The highest BCUT2D eigenvalue weighted by atomic mass is 16.2. The number of Topliss-reactive ketones (excluding diaryl/α,β-unsaturated/α-hetero) is 1. The maximum Gasteiger partial charge on any atom is 0.232 e. The van der Waals surface area contributed by atoms with Gasteiger partial charge in [0.05, 0.1) is 18.0 Å². The van der Waals surface area contributed by atoms with Crippen LogP contribution in [0.15, 0.2) is 84.1 Å². The van der Waals surface area contributed by atoms with E-state index in [1.165, 1.54) is 12.8 Å². The highest BCUT2D eigenvalue weighted by Crippen LogP contribution is 2.37. The van der Waals surface area contributed by atoms with Crippen LogP contribution in [0.3, 0.4) is 0 Å². The van der Waals surface area contributed by atoms with Crippen LogP contribution in [0.5, 0.6) is 0 Å². The van der Waals surface area contributed by atoms with E-state index in [2.05, 4.69) is 27.3 Å². The van der Waals surface area contributed by atoms with Crippen molar-refractivity contribution in [2.24, 2.45) is 4.99 Å². The highest BCUT2D eigenvalue weighted by Gasteiger charge is 2.46. The van der Waals surface area contributed by atoms with E-state index in [1.54, 1.807) is 17.3 Å².